The Bertz CT molecular complexity index is 2090. The third-order valence-electron chi connectivity index (χ3n) is 9.16. The molecular weight excluding hydrogens is 644 g/mol. The first-order chi connectivity index (χ1) is 23.4. The molecule has 14 nitrogen and oxygen atoms in total. The normalized spacial score (nSPS) is 17.9. The number of rotatable bonds is 5. The van der Waals surface area contributed by atoms with Gasteiger partial charge in [-0.1, -0.05) is 0 Å². The minimum Gasteiger partial charge on any atom is -0.487 e. The number of aromatic carboxylic acids is 2. The van der Waals surface area contributed by atoms with Gasteiger partial charge in [-0.25, -0.2) is 23.4 Å². The van der Waals surface area contributed by atoms with Crippen LogP contribution in [-0.2, 0) is 6.54 Å². The molecule has 3 aliphatic rings. The van der Waals surface area contributed by atoms with Crippen molar-refractivity contribution in [3.05, 3.63) is 67.7 Å². The molecule has 0 saturated carbocycles. The van der Waals surface area contributed by atoms with E-state index in [1.54, 1.807) is 9.13 Å². The number of ether oxygens (including phenoxy) is 1. The maximum Gasteiger partial charge on any atom is 0.341 e. The highest BCUT2D eigenvalue weighted by Crippen LogP contribution is 2.42. The Labute approximate surface area is 278 Å². The number of aryl methyl sites for hydroxylation is 1. The molecule has 2 fully saturated rings. The van der Waals surface area contributed by atoms with Gasteiger partial charge in [0.2, 0.25) is 10.9 Å². The van der Waals surface area contributed by atoms with Gasteiger partial charge in [-0.15, -0.1) is 0 Å². The number of carboxylic acid groups (broad SMARTS) is 2. The number of likely N-dealkylation sites (N-methyl/N-ethyl adjacent to an activating group) is 1. The zero-order valence-electron chi connectivity index (χ0n) is 27.3. The number of carboxylic acids is 2. The van der Waals surface area contributed by atoms with Crippen molar-refractivity contribution in [1.29, 1.82) is 0 Å². The Balaban J connectivity index is 0.000000171. The molecule has 1 unspecified atom stereocenters. The highest BCUT2D eigenvalue weighted by atomic mass is 19.1. The second-order valence-corrected chi connectivity index (χ2v) is 12.3. The fourth-order valence-electron chi connectivity index (χ4n) is 6.46. The molecule has 0 spiro atoms. The van der Waals surface area contributed by atoms with Crippen LogP contribution in [0.5, 0.6) is 5.75 Å². The fraction of sp³-hybridized carbons (Fsp3) is 0.424. The Morgan fingerprint density at radius 3 is 2.16 bits per heavy atom. The van der Waals surface area contributed by atoms with Crippen LogP contribution in [0.2, 0.25) is 0 Å². The van der Waals surface area contributed by atoms with Crippen LogP contribution in [0.15, 0.2) is 34.1 Å². The first-order valence-corrected chi connectivity index (χ1v) is 16.0. The van der Waals surface area contributed by atoms with E-state index in [9.17, 15) is 33.1 Å². The monoisotopic (exact) mass is 681 g/mol. The number of piperazine rings is 2. The summed E-state index contributed by atoms with van der Waals surface area (Å²) >= 11 is 0. The molecule has 49 heavy (non-hydrogen) atoms. The molecule has 0 radical (unpaired) electrons. The summed E-state index contributed by atoms with van der Waals surface area (Å²) in [4.78, 5) is 57.7. The number of aromatic nitrogens is 3. The lowest BCUT2D eigenvalue weighted by atomic mass is 10.1. The Hall–Kier alpha value is -5.09. The number of pyridine rings is 3. The molecule has 4 aromatic rings. The smallest absolute Gasteiger partial charge is 0.341 e. The van der Waals surface area contributed by atoms with Crippen molar-refractivity contribution >= 4 is 45.4 Å². The first-order valence-electron chi connectivity index (χ1n) is 16.0. The van der Waals surface area contributed by atoms with Crippen LogP contribution < -0.4 is 30.7 Å². The number of carbonyl (C=O) groups is 2. The van der Waals surface area contributed by atoms with Crippen molar-refractivity contribution < 1.29 is 33.3 Å². The minimum absolute atomic E-state index is 0.0110. The predicted molar refractivity (Wildman–Crippen MR) is 179 cm³/mol. The molecule has 2 saturated heterocycles. The van der Waals surface area contributed by atoms with Crippen LogP contribution in [0.1, 0.15) is 40.6 Å². The largest absolute Gasteiger partial charge is 0.487 e. The number of fused-ring (bicyclic) bond motifs is 1. The van der Waals surface area contributed by atoms with E-state index in [0.29, 0.717) is 55.3 Å². The molecule has 0 aliphatic carbocycles. The summed E-state index contributed by atoms with van der Waals surface area (Å²) in [6.45, 7) is 10.0. The third kappa shape index (κ3) is 6.17. The molecule has 7 rings (SSSR count). The van der Waals surface area contributed by atoms with Crippen molar-refractivity contribution in [2.75, 3.05) is 75.8 Å². The number of benzene rings is 1. The van der Waals surface area contributed by atoms with Gasteiger partial charge in [0.05, 0.1) is 22.3 Å². The van der Waals surface area contributed by atoms with Crippen molar-refractivity contribution in [3.8, 4) is 5.75 Å². The first kappa shape index (κ1) is 33.8. The molecule has 1 aromatic carbocycles. The number of nitrogens with zero attached hydrogens (tertiary/aromatic N) is 6. The van der Waals surface area contributed by atoms with Crippen LogP contribution in [0.3, 0.4) is 0 Å². The van der Waals surface area contributed by atoms with Gasteiger partial charge in [0.15, 0.2) is 23.2 Å². The van der Waals surface area contributed by atoms with E-state index < -0.39 is 34.4 Å². The molecule has 0 bridgehead atoms. The molecular formula is C33H37F2N7O7. The Kier molecular flexibility index (Phi) is 9.26. The quantitative estimate of drug-likeness (QED) is 0.282. The van der Waals surface area contributed by atoms with E-state index in [0.717, 1.165) is 38.3 Å². The number of hydrogen-bond acceptors (Lipinski definition) is 10. The highest BCUT2D eigenvalue weighted by Gasteiger charge is 2.31. The van der Waals surface area contributed by atoms with Crippen molar-refractivity contribution in [2.24, 2.45) is 0 Å². The summed E-state index contributed by atoms with van der Waals surface area (Å²) in [7, 11) is 2.02. The average molecular weight is 682 g/mol. The topological polar surface area (TPSA) is 162 Å². The van der Waals surface area contributed by atoms with Crippen LogP contribution in [0, 0.1) is 11.6 Å². The van der Waals surface area contributed by atoms with E-state index in [1.165, 1.54) is 12.4 Å². The van der Waals surface area contributed by atoms with Gasteiger partial charge in [0, 0.05) is 71.3 Å². The van der Waals surface area contributed by atoms with E-state index >= 15 is 0 Å². The SMILES string of the molecule is CC1COc2c(N3CCN(C)CC3)c(F)cc3c(=O)c(C(=O)O)cn1c23.CCn1cc(C(=O)O)c(=O)c2cc(F)c(N3CCNCC3)nc21. The van der Waals surface area contributed by atoms with Crippen molar-refractivity contribution in [1.82, 2.24) is 24.3 Å². The summed E-state index contributed by atoms with van der Waals surface area (Å²) < 4.78 is 38.5. The van der Waals surface area contributed by atoms with Crippen molar-refractivity contribution in [3.63, 3.8) is 0 Å². The summed E-state index contributed by atoms with van der Waals surface area (Å²) in [5.41, 5.74) is -1.01. The van der Waals surface area contributed by atoms with Gasteiger partial charge in [0.1, 0.15) is 29.1 Å². The number of hydrogen-bond donors (Lipinski definition) is 3. The maximum atomic E-state index is 15.0. The van der Waals surface area contributed by atoms with E-state index in [-0.39, 0.29) is 40.4 Å². The lowest BCUT2D eigenvalue weighted by Gasteiger charge is -2.37. The highest BCUT2D eigenvalue weighted by molar-refractivity contribution is 5.97. The van der Waals surface area contributed by atoms with Gasteiger partial charge in [-0.05, 0) is 33.0 Å². The second kappa shape index (κ2) is 13.4. The molecule has 3 N–H and O–H groups in total. The second-order valence-electron chi connectivity index (χ2n) is 12.3. The zero-order chi connectivity index (χ0) is 35.1. The number of nitrogens with one attached hydrogen (secondary N) is 1. The summed E-state index contributed by atoms with van der Waals surface area (Å²) in [6.07, 6.45) is 2.61. The summed E-state index contributed by atoms with van der Waals surface area (Å²) in [5.74, 6) is -3.28. The van der Waals surface area contributed by atoms with Gasteiger partial charge in [0.25, 0.3) is 0 Å². The van der Waals surface area contributed by atoms with Gasteiger partial charge in [-0.2, -0.15) is 0 Å². The summed E-state index contributed by atoms with van der Waals surface area (Å²) in [5, 5.41) is 21.7. The van der Waals surface area contributed by atoms with Crippen LogP contribution in [-0.4, -0.2) is 107 Å². The summed E-state index contributed by atoms with van der Waals surface area (Å²) in [6, 6.07) is 2.09. The standard InChI is InChI=1S/C18H20FN3O4.C15H17FN4O3/c1-10-9-26-17-14-11(16(23)12(18(24)25)8-22(10)14)7-13(19)15(17)21-5-3-20(2)4-6-21;1-2-19-8-10(15(22)23)12(21)9-7-11(16)14(18-13(9)19)20-5-3-17-4-6-20/h7-8,10H,3-6,9H2,1-2H3,(H,24,25);7-8,17H,2-6H2,1H3,(H,22,23). The Morgan fingerprint density at radius 2 is 1.53 bits per heavy atom. The predicted octanol–water partition coefficient (Wildman–Crippen LogP) is 2.21. The van der Waals surface area contributed by atoms with Crippen LogP contribution >= 0.6 is 0 Å². The van der Waals surface area contributed by atoms with Gasteiger partial charge < -0.3 is 44.1 Å². The number of halogens is 2. The van der Waals surface area contributed by atoms with E-state index in [4.69, 9.17) is 9.84 Å². The molecule has 260 valence electrons. The van der Waals surface area contributed by atoms with E-state index in [1.807, 2.05) is 30.7 Å². The Morgan fingerprint density at radius 1 is 0.918 bits per heavy atom. The van der Waals surface area contributed by atoms with Crippen molar-refractivity contribution in [2.45, 2.75) is 26.4 Å². The fourth-order valence-corrected chi connectivity index (χ4v) is 6.46. The van der Waals surface area contributed by atoms with Gasteiger partial charge >= 0.3 is 11.9 Å². The molecule has 3 aromatic heterocycles. The number of anilines is 2. The lowest BCUT2D eigenvalue weighted by Crippen LogP contribution is -2.45. The molecule has 0 amide bonds. The lowest BCUT2D eigenvalue weighted by molar-refractivity contribution is 0.0683. The molecule has 3 aliphatic heterocycles. The van der Waals surface area contributed by atoms with Crippen LogP contribution in [0.25, 0.3) is 21.9 Å². The van der Waals surface area contributed by atoms with E-state index in [2.05, 4.69) is 15.2 Å². The van der Waals surface area contributed by atoms with Crippen LogP contribution in [0.4, 0.5) is 20.3 Å². The molecule has 6 heterocycles. The zero-order valence-corrected chi connectivity index (χ0v) is 27.3. The minimum atomic E-state index is -1.33. The third-order valence-corrected chi connectivity index (χ3v) is 9.16. The molecule has 1 atom stereocenters. The molecule has 16 heteroatoms. The van der Waals surface area contributed by atoms with Gasteiger partial charge in [-0.3, -0.25) is 9.59 Å². The maximum absolute atomic E-state index is 15.0. The average Bonchev–Trinajstić information content (AvgIpc) is 3.08.